The number of hydrogen-bond acceptors (Lipinski definition) is 4. The number of hydrogen-bond donors (Lipinski definition) is 1. The SMILES string of the molecule is Cc1c(Cl)cccc1-n1c(SCC(=O)Nc2cc(F)ccc2F)nc2ccccc2c1=O. The van der Waals surface area contributed by atoms with Crippen molar-refractivity contribution in [2.75, 3.05) is 11.1 Å². The van der Waals surface area contributed by atoms with Gasteiger partial charge in [0.2, 0.25) is 5.91 Å². The zero-order valence-corrected chi connectivity index (χ0v) is 18.3. The van der Waals surface area contributed by atoms with Crippen molar-refractivity contribution in [3.8, 4) is 5.69 Å². The maximum atomic E-state index is 13.8. The van der Waals surface area contributed by atoms with Crippen LogP contribution in [0.5, 0.6) is 0 Å². The van der Waals surface area contributed by atoms with Crippen molar-refractivity contribution in [1.29, 1.82) is 0 Å². The second-order valence-electron chi connectivity index (χ2n) is 6.90. The Morgan fingerprint density at radius 1 is 1.12 bits per heavy atom. The number of carbonyl (C=O) groups excluding carboxylic acids is 1. The van der Waals surface area contributed by atoms with Crippen LogP contribution in [0.4, 0.5) is 14.5 Å². The molecule has 4 aromatic rings. The minimum atomic E-state index is -0.750. The molecule has 0 aliphatic heterocycles. The lowest BCUT2D eigenvalue weighted by atomic mass is 10.2. The number of thioether (sulfide) groups is 1. The number of amides is 1. The minimum absolute atomic E-state index is 0.180. The highest BCUT2D eigenvalue weighted by Crippen LogP contribution is 2.27. The van der Waals surface area contributed by atoms with Crippen LogP contribution in [0.2, 0.25) is 5.02 Å². The van der Waals surface area contributed by atoms with Crippen LogP contribution in [0.3, 0.4) is 0 Å². The average molecular weight is 472 g/mol. The molecule has 0 spiro atoms. The molecule has 5 nitrogen and oxygen atoms in total. The van der Waals surface area contributed by atoms with Crippen LogP contribution < -0.4 is 10.9 Å². The highest BCUT2D eigenvalue weighted by atomic mass is 35.5. The number of anilines is 1. The van der Waals surface area contributed by atoms with Crippen LogP contribution in [0.25, 0.3) is 16.6 Å². The summed E-state index contributed by atoms with van der Waals surface area (Å²) in [7, 11) is 0. The minimum Gasteiger partial charge on any atom is -0.323 e. The normalized spacial score (nSPS) is 11.0. The molecule has 3 aromatic carbocycles. The Kier molecular flexibility index (Phi) is 6.25. The topological polar surface area (TPSA) is 64.0 Å². The summed E-state index contributed by atoms with van der Waals surface area (Å²) in [6.07, 6.45) is 0. The molecule has 0 unspecified atom stereocenters. The van der Waals surface area contributed by atoms with Crippen molar-refractivity contribution in [2.45, 2.75) is 12.1 Å². The molecule has 0 aliphatic rings. The van der Waals surface area contributed by atoms with E-state index < -0.39 is 17.5 Å². The molecule has 0 saturated carbocycles. The Morgan fingerprint density at radius 2 is 1.91 bits per heavy atom. The lowest BCUT2D eigenvalue weighted by Gasteiger charge is -2.16. The van der Waals surface area contributed by atoms with Crippen LogP contribution in [0, 0.1) is 18.6 Å². The Hall–Kier alpha value is -3.23. The van der Waals surface area contributed by atoms with Gasteiger partial charge in [0.05, 0.1) is 28.0 Å². The predicted molar refractivity (Wildman–Crippen MR) is 123 cm³/mol. The van der Waals surface area contributed by atoms with Gasteiger partial charge in [-0.3, -0.25) is 14.2 Å². The summed E-state index contributed by atoms with van der Waals surface area (Å²) in [6.45, 7) is 1.78. The molecule has 0 bridgehead atoms. The number of fused-ring (bicyclic) bond motifs is 1. The van der Waals surface area contributed by atoms with Gasteiger partial charge in [0.15, 0.2) is 5.16 Å². The van der Waals surface area contributed by atoms with Crippen molar-refractivity contribution in [1.82, 2.24) is 9.55 Å². The number of benzene rings is 3. The molecule has 1 heterocycles. The molecule has 1 aromatic heterocycles. The van der Waals surface area contributed by atoms with E-state index in [0.29, 0.717) is 27.2 Å². The van der Waals surface area contributed by atoms with Crippen LogP contribution >= 0.6 is 23.4 Å². The molecule has 0 fully saturated rings. The molecule has 9 heteroatoms. The fraction of sp³-hybridized carbons (Fsp3) is 0.0870. The lowest BCUT2D eigenvalue weighted by Crippen LogP contribution is -2.23. The third kappa shape index (κ3) is 4.37. The van der Waals surface area contributed by atoms with Crippen LogP contribution in [0.1, 0.15) is 5.56 Å². The van der Waals surface area contributed by atoms with Gasteiger partial charge in [0.1, 0.15) is 11.6 Å². The fourth-order valence-electron chi connectivity index (χ4n) is 3.17. The van der Waals surface area contributed by atoms with E-state index in [9.17, 15) is 18.4 Å². The maximum absolute atomic E-state index is 13.8. The van der Waals surface area contributed by atoms with E-state index in [0.717, 1.165) is 30.0 Å². The Bertz CT molecular complexity index is 1410. The summed E-state index contributed by atoms with van der Waals surface area (Å²) in [6, 6.07) is 14.9. The van der Waals surface area contributed by atoms with E-state index >= 15 is 0 Å². The van der Waals surface area contributed by atoms with Gasteiger partial charge in [-0.2, -0.15) is 0 Å². The first-order valence-electron chi connectivity index (χ1n) is 9.50. The Balaban J connectivity index is 1.71. The average Bonchev–Trinajstić information content (AvgIpc) is 2.77. The summed E-state index contributed by atoms with van der Waals surface area (Å²) in [5.41, 5.74) is 1.14. The quantitative estimate of drug-likeness (QED) is 0.314. The second kappa shape index (κ2) is 9.10. The van der Waals surface area contributed by atoms with Crippen molar-refractivity contribution in [2.24, 2.45) is 0 Å². The van der Waals surface area contributed by atoms with Gasteiger partial charge in [0, 0.05) is 11.1 Å². The van der Waals surface area contributed by atoms with Gasteiger partial charge in [-0.05, 0) is 48.9 Å². The predicted octanol–water partition coefficient (Wildman–Crippen LogP) is 5.36. The van der Waals surface area contributed by atoms with Crippen molar-refractivity contribution >= 4 is 45.9 Å². The van der Waals surface area contributed by atoms with Crippen LogP contribution in [0.15, 0.2) is 70.6 Å². The molecule has 162 valence electrons. The monoisotopic (exact) mass is 471 g/mol. The van der Waals surface area contributed by atoms with E-state index in [-0.39, 0.29) is 22.2 Å². The summed E-state index contributed by atoms with van der Waals surface area (Å²) < 4.78 is 28.6. The number of aromatic nitrogens is 2. The summed E-state index contributed by atoms with van der Waals surface area (Å²) in [4.78, 5) is 30.3. The van der Waals surface area contributed by atoms with Crippen LogP contribution in [-0.4, -0.2) is 21.2 Å². The number of rotatable bonds is 5. The number of carbonyl (C=O) groups is 1. The molecule has 0 atom stereocenters. The van der Waals surface area contributed by atoms with E-state index in [4.69, 9.17) is 11.6 Å². The highest BCUT2D eigenvalue weighted by molar-refractivity contribution is 7.99. The molecule has 32 heavy (non-hydrogen) atoms. The second-order valence-corrected chi connectivity index (χ2v) is 8.25. The number of para-hydroxylation sites is 1. The van der Waals surface area contributed by atoms with Gasteiger partial charge in [-0.1, -0.05) is 41.6 Å². The molecule has 1 amide bonds. The third-order valence-corrected chi connectivity index (χ3v) is 6.11. The first-order chi connectivity index (χ1) is 15.3. The van der Waals surface area contributed by atoms with Crippen molar-refractivity contribution in [3.05, 3.63) is 93.2 Å². The summed E-state index contributed by atoms with van der Waals surface area (Å²) >= 11 is 7.26. The zero-order chi connectivity index (χ0) is 22.8. The van der Waals surface area contributed by atoms with Gasteiger partial charge in [0.25, 0.3) is 5.56 Å². The molecule has 0 saturated heterocycles. The number of halogens is 3. The van der Waals surface area contributed by atoms with E-state index in [1.165, 1.54) is 4.57 Å². The van der Waals surface area contributed by atoms with E-state index in [1.54, 1.807) is 49.4 Å². The molecular formula is C23H16ClF2N3O2S. The lowest BCUT2D eigenvalue weighted by molar-refractivity contribution is -0.113. The van der Waals surface area contributed by atoms with Crippen molar-refractivity contribution < 1.29 is 13.6 Å². The Labute approximate surface area is 191 Å². The van der Waals surface area contributed by atoms with Gasteiger partial charge < -0.3 is 5.32 Å². The van der Waals surface area contributed by atoms with E-state index in [2.05, 4.69) is 10.3 Å². The smallest absolute Gasteiger partial charge is 0.266 e. The first-order valence-corrected chi connectivity index (χ1v) is 10.9. The zero-order valence-electron chi connectivity index (χ0n) is 16.7. The summed E-state index contributed by atoms with van der Waals surface area (Å²) in [5, 5.41) is 3.52. The molecule has 0 radical (unpaired) electrons. The van der Waals surface area contributed by atoms with Crippen LogP contribution in [-0.2, 0) is 4.79 Å². The number of nitrogens with one attached hydrogen (secondary N) is 1. The molecular weight excluding hydrogens is 456 g/mol. The molecule has 4 rings (SSSR count). The first kappa shape index (κ1) is 22.0. The van der Waals surface area contributed by atoms with Gasteiger partial charge in [-0.25, -0.2) is 13.8 Å². The largest absolute Gasteiger partial charge is 0.323 e. The van der Waals surface area contributed by atoms with Gasteiger partial charge >= 0.3 is 0 Å². The molecule has 0 aliphatic carbocycles. The molecule has 1 N–H and O–H groups in total. The van der Waals surface area contributed by atoms with Gasteiger partial charge in [-0.15, -0.1) is 0 Å². The third-order valence-electron chi connectivity index (χ3n) is 4.76. The number of nitrogens with zero attached hydrogens (tertiary/aromatic N) is 2. The van der Waals surface area contributed by atoms with Crippen molar-refractivity contribution in [3.63, 3.8) is 0 Å². The highest BCUT2D eigenvalue weighted by Gasteiger charge is 2.17. The Morgan fingerprint density at radius 3 is 2.72 bits per heavy atom. The van der Waals surface area contributed by atoms with E-state index in [1.807, 2.05) is 0 Å². The summed E-state index contributed by atoms with van der Waals surface area (Å²) in [5.74, 6) is -2.17. The fourth-order valence-corrected chi connectivity index (χ4v) is 4.14. The maximum Gasteiger partial charge on any atom is 0.266 e. The standard InChI is InChI=1S/C23H16ClF2N3O2S/c1-13-16(24)6-4-8-20(13)29-22(31)15-5-2-3-7-18(15)28-23(29)32-12-21(30)27-19-11-14(25)9-10-17(19)26/h2-11H,12H2,1H3,(H,27,30).